The van der Waals surface area contributed by atoms with Crippen LogP contribution in [0, 0.1) is 0 Å². The van der Waals surface area contributed by atoms with Gasteiger partial charge in [-0.3, -0.25) is 0 Å². The van der Waals surface area contributed by atoms with E-state index in [0.29, 0.717) is 0 Å². The van der Waals surface area contributed by atoms with Crippen LogP contribution in [0.1, 0.15) is 0 Å². The number of rotatable bonds is 3. The van der Waals surface area contributed by atoms with Crippen LogP contribution in [0.15, 0.2) is 168 Å². The number of anilines is 6. The average Bonchev–Trinajstić information content (AvgIpc) is 3.50. The first-order valence-electron chi connectivity index (χ1n) is 15.8. The summed E-state index contributed by atoms with van der Waals surface area (Å²) >= 11 is 0. The minimum Gasteiger partial charge on any atom is -0.456 e. The molecule has 7 aromatic carbocycles. The van der Waals surface area contributed by atoms with E-state index in [4.69, 9.17) is 4.42 Å². The van der Waals surface area contributed by atoms with E-state index in [1.807, 2.05) is 12.1 Å². The van der Waals surface area contributed by atoms with Crippen molar-refractivity contribution in [1.29, 1.82) is 0 Å². The van der Waals surface area contributed by atoms with Crippen molar-refractivity contribution in [2.45, 2.75) is 0 Å². The molecule has 1 aromatic heterocycles. The molecule has 2 aliphatic heterocycles. The third-order valence-electron chi connectivity index (χ3n) is 9.64. The predicted molar refractivity (Wildman–Crippen MR) is 193 cm³/mol. The highest BCUT2D eigenvalue weighted by Gasteiger charge is 2.43. The summed E-state index contributed by atoms with van der Waals surface area (Å²) in [5.74, 6) is 0. The van der Waals surface area contributed by atoms with Gasteiger partial charge in [0.2, 0.25) is 0 Å². The highest BCUT2D eigenvalue weighted by atomic mass is 16.3. The molecule has 10 rings (SSSR count). The lowest BCUT2D eigenvalue weighted by atomic mass is 9.33. The molecule has 0 saturated heterocycles. The Bertz CT molecular complexity index is 2450. The van der Waals surface area contributed by atoms with Gasteiger partial charge >= 0.3 is 0 Å². The molecule has 0 radical (unpaired) electrons. The molecular formula is C42H27BN2O. The Labute approximate surface area is 267 Å². The second-order valence-corrected chi connectivity index (χ2v) is 12.1. The minimum atomic E-state index is 0.0761. The van der Waals surface area contributed by atoms with Crippen molar-refractivity contribution in [3.63, 3.8) is 0 Å². The van der Waals surface area contributed by atoms with Gasteiger partial charge in [-0.05, 0) is 82.6 Å². The van der Waals surface area contributed by atoms with Crippen LogP contribution in [-0.2, 0) is 0 Å². The molecule has 3 nitrogen and oxygen atoms in total. The maximum absolute atomic E-state index is 6.37. The maximum atomic E-state index is 6.37. The van der Waals surface area contributed by atoms with Gasteiger partial charge < -0.3 is 14.2 Å². The molecule has 4 heteroatoms. The number of para-hydroxylation sites is 5. The molecule has 0 atom stereocenters. The molecule has 3 heterocycles. The Balaban J connectivity index is 1.28. The zero-order valence-electron chi connectivity index (χ0n) is 25.0. The van der Waals surface area contributed by atoms with Crippen molar-refractivity contribution in [2.24, 2.45) is 0 Å². The van der Waals surface area contributed by atoms with Crippen molar-refractivity contribution in [1.82, 2.24) is 0 Å². The summed E-state index contributed by atoms with van der Waals surface area (Å²) in [6, 6.07) is 59.0. The zero-order valence-corrected chi connectivity index (χ0v) is 25.0. The van der Waals surface area contributed by atoms with Gasteiger partial charge in [0.15, 0.2) is 0 Å². The van der Waals surface area contributed by atoms with E-state index in [0.717, 1.165) is 38.9 Å². The fourth-order valence-corrected chi connectivity index (χ4v) is 7.76. The second-order valence-electron chi connectivity index (χ2n) is 12.1. The topological polar surface area (TPSA) is 19.6 Å². The van der Waals surface area contributed by atoms with E-state index in [9.17, 15) is 0 Å². The number of hydrogen-bond donors (Lipinski definition) is 0. The van der Waals surface area contributed by atoms with E-state index in [1.165, 1.54) is 44.7 Å². The van der Waals surface area contributed by atoms with E-state index in [-0.39, 0.29) is 6.71 Å². The number of fused-ring (bicyclic) bond motifs is 7. The van der Waals surface area contributed by atoms with Gasteiger partial charge in [0.25, 0.3) is 6.71 Å². The first kappa shape index (κ1) is 25.3. The summed E-state index contributed by atoms with van der Waals surface area (Å²) < 4.78 is 6.37. The van der Waals surface area contributed by atoms with Gasteiger partial charge in [-0.1, -0.05) is 103 Å². The van der Waals surface area contributed by atoms with E-state index in [1.54, 1.807) is 0 Å². The fraction of sp³-hybridized carbons (Fsp3) is 0. The Morgan fingerprint density at radius 1 is 0.435 bits per heavy atom. The third kappa shape index (κ3) is 3.55. The molecule has 2 aliphatic rings. The van der Waals surface area contributed by atoms with Crippen molar-refractivity contribution < 1.29 is 4.42 Å². The average molecular weight is 587 g/mol. The molecule has 0 N–H and O–H groups in total. The fourth-order valence-electron chi connectivity index (χ4n) is 7.76. The molecule has 0 amide bonds. The van der Waals surface area contributed by atoms with Crippen LogP contribution >= 0.6 is 0 Å². The lowest BCUT2D eigenvalue weighted by molar-refractivity contribution is 0.669. The van der Waals surface area contributed by atoms with Crippen LogP contribution in [0.3, 0.4) is 0 Å². The van der Waals surface area contributed by atoms with Crippen molar-refractivity contribution >= 4 is 79.2 Å². The predicted octanol–water partition coefficient (Wildman–Crippen LogP) is 9.34. The number of benzene rings is 7. The van der Waals surface area contributed by atoms with Crippen LogP contribution in [0.25, 0.3) is 33.1 Å². The normalized spacial score (nSPS) is 13.1. The summed E-state index contributed by atoms with van der Waals surface area (Å²) in [6.07, 6.45) is 0. The Morgan fingerprint density at radius 3 is 1.87 bits per heavy atom. The minimum absolute atomic E-state index is 0.0761. The molecular weight excluding hydrogens is 559 g/mol. The largest absolute Gasteiger partial charge is 0.456 e. The summed E-state index contributed by atoms with van der Waals surface area (Å²) in [5.41, 5.74) is 15.2. The zero-order chi connectivity index (χ0) is 30.2. The highest BCUT2D eigenvalue weighted by molar-refractivity contribution is 7.00. The SMILES string of the molecule is c1ccc(N2c3ccccc3B3c4cccc(-c5ccc6c(c5)oc5ccccc56)c4N(c4ccccc4)c4cccc2c43)cc1. The van der Waals surface area contributed by atoms with Gasteiger partial charge in [0, 0.05) is 50.5 Å². The van der Waals surface area contributed by atoms with Gasteiger partial charge in [0.05, 0.1) is 0 Å². The van der Waals surface area contributed by atoms with Crippen LogP contribution in [0.4, 0.5) is 34.1 Å². The van der Waals surface area contributed by atoms with Gasteiger partial charge in [-0.15, -0.1) is 0 Å². The van der Waals surface area contributed by atoms with Crippen LogP contribution in [0.2, 0.25) is 0 Å². The molecule has 214 valence electrons. The van der Waals surface area contributed by atoms with Gasteiger partial charge in [-0.2, -0.15) is 0 Å². The highest BCUT2D eigenvalue weighted by Crippen LogP contribution is 2.46. The summed E-state index contributed by atoms with van der Waals surface area (Å²) in [4.78, 5) is 4.90. The van der Waals surface area contributed by atoms with Crippen LogP contribution in [0.5, 0.6) is 0 Å². The lowest BCUT2D eigenvalue weighted by Crippen LogP contribution is -2.61. The third-order valence-corrected chi connectivity index (χ3v) is 9.64. The Kier molecular flexibility index (Phi) is 5.37. The van der Waals surface area contributed by atoms with E-state index < -0.39 is 0 Å². The molecule has 0 fully saturated rings. The number of nitrogens with zero attached hydrogens (tertiary/aromatic N) is 2. The standard InChI is InChI=1S/C42H27BN2O/c1-3-13-29(14-4-1)44-36-21-9-8-19-34(36)43-35-20-11-18-31(28-25-26-33-32-17-7-10-24-39(32)46-40(33)27-28)42(35)45(30-15-5-2-6-16-30)38-23-12-22-37(44)41(38)43/h1-27H. The summed E-state index contributed by atoms with van der Waals surface area (Å²) in [6.45, 7) is 0.0761. The quantitative estimate of drug-likeness (QED) is 0.192. The molecule has 0 saturated carbocycles. The number of hydrogen-bond acceptors (Lipinski definition) is 3. The summed E-state index contributed by atoms with van der Waals surface area (Å²) in [7, 11) is 0. The molecule has 0 unspecified atom stereocenters. The van der Waals surface area contributed by atoms with E-state index >= 15 is 0 Å². The van der Waals surface area contributed by atoms with Crippen LogP contribution < -0.4 is 26.2 Å². The second kappa shape index (κ2) is 9.75. The molecule has 0 spiro atoms. The molecule has 0 bridgehead atoms. The molecule has 8 aromatic rings. The monoisotopic (exact) mass is 586 g/mol. The first-order chi connectivity index (χ1) is 22.8. The first-order valence-corrected chi connectivity index (χ1v) is 15.8. The van der Waals surface area contributed by atoms with Gasteiger partial charge in [-0.25, -0.2) is 0 Å². The maximum Gasteiger partial charge on any atom is 0.252 e. The van der Waals surface area contributed by atoms with E-state index in [2.05, 4.69) is 161 Å². The number of furan rings is 1. The Hall–Kier alpha value is -6.00. The van der Waals surface area contributed by atoms with Crippen LogP contribution in [-0.4, -0.2) is 6.71 Å². The van der Waals surface area contributed by atoms with Crippen molar-refractivity contribution in [2.75, 3.05) is 9.80 Å². The lowest BCUT2D eigenvalue weighted by Gasteiger charge is -2.44. The van der Waals surface area contributed by atoms with Crippen molar-refractivity contribution in [3.8, 4) is 11.1 Å². The molecule has 0 aliphatic carbocycles. The van der Waals surface area contributed by atoms with Gasteiger partial charge in [0.1, 0.15) is 11.2 Å². The summed E-state index contributed by atoms with van der Waals surface area (Å²) in [5, 5.41) is 2.29. The smallest absolute Gasteiger partial charge is 0.252 e. The molecule has 46 heavy (non-hydrogen) atoms. The van der Waals surface area contributed by atoms with Crippen molar-refractivity contribution in [3.05, 3.63) is 164 Å². The Morgan fingerprint density at radius 2 is 1.04 bits per heavy atom.